The van der Waals surface area contributed by atoms with E-state index in [9.17, 15) is 0 Å². The van der Waals surface area contributed by atoms with E-state index < -0.39 is 0 Å². The molecule has 0 spiro atoms. The lowest BCUT2D eigenvalue weighted by Crippen LogP contribution is -2.49. The van der Waals surface area contributed by atoms with Gasteiger partial charge in [0.1, 0.15) is 0 Å². The van der Waals surface area contributed by atoms with Gasteiger partial charge in [0, 0.05) is 17.7 Å². The molecule has 0 radical (unpaired) electrons. The molecule has 0 aromatic carbocycles. The SMILES string of the molecule is CC(C)(C)NCCCNC1(C)CCCOC1. The Morgan fingerprint density at radius 2 is 2.00 bits per heavy atom. The predicted molar refractivity (Wildman–Crippen MR) is 68.8 cm³/mol. The molecule has 96 valence electrons. The fourth-order valence-corrected chi connectivity index (χ4v) is 2.02. The molecule has 3 nitrogen and oxygen atoms in total. The third-order valence-electron chi connectivity index (χ3n) is 3.00. The van der Waals surface area contributed by atoms with Crippen LogP contribution in [0.5, 0.6) is 0 Å². The summed E-state index contributed by atoms with van der Waals surface area (Å²) in [5.41, 5.74) is 0.442. The van der Waals surface area contributed by atoms with Gasteiger partial charge in [-0.2, -0.15) is 0 Å². The van der Waals surface area contributed by atoms with E-state index in [1.807, 2.05) is 0 Å². The monoisotopic (exact) mass is 228 g/mol. The second-order valence-corrected chi connectivity index (χ2v) is 6.17. The minimum atomic E-state index is 0.208. The van der Waals surface area contributed by atoms with E-state index in [0.29, 0.717) is 0 Å². The molecule has 0 aromatic heterocycles. The van der Waals surface area contributed by atoms with Gasteiger partial charge < -0.3 is 15.4 Å². The maximum absolute atomic E-state index is 5.52. The summed E-state index contributed by atoms with van der Waals surface area (Å²) in [6.45, 7) is 12.8. The molecular formula is C13H28N2O. The van der Waals surface area contributed by atoms with Gasteiger partial charge in [-0.25, -0.2) is 0 Å². The zero-order valence-electron chi connectivity index (χ0n) is 11.4. The first kappa shape index (κ1) is 13.9. The topological polar surface area (TPSA) is 33.3 Å². The van der Waals surface area contributed by atoms with E-state index in [0.717, 1.165) is 26.3 Å². The molecule has 0 bridgehead atoms. The molecule has 0 aliphatic carbocycles. The number of ether oxygens (including phenoxy) is 1. The molecule has 1 saturated heterocycles. The lowest BCUT2D eigenvalue weighted by Gasteiger charge is -2.34. The highest BCUT2D eigenvalue weighted by atomic mass is 16.5. The van der Waals surface area contributed by atoms with Crippen molar-refractivity contribution >= 4 is 0 Å². The van der Waals surface area contributed by atoms with Crippen LogP contribution in [0.1, 0.15) is 47.0 Å². The first-order valence-electron chi connectivity index (χ1n) is 6.49. The van der Waals surface area contributed by atoms with Gasteiger partial charge in [-0.05, 0) is 60.0 Å². The maximum Gasteiger partial charge on any atom is 0.0645 e. The Labute approximate surface area is 100 Å². The van der Waals surface area contributed by atoms with Crippen LogP contribution >= 0.6 is 0 Å². The molecule has 16 heavy (non-hydrogen) atoms. The van der Waals surface area contributed by atoms with Crippen molar-refractivity contribution in [2.24, 2.45) is 0 Å². The van der Waals surface area contributed by atoms with Crippen LogP contribution in [0, 0.1) is 0 Å². The van der Waals surface area contributed by atoms with Crippen LogP contribution in [0.15, 0.2) is 0 Å². The zero-order valence-corrected chi connectivity index (χ0v) is 11.4. The van der Waals surface area contributed by atoms with Crippen LogP contribution in [0.25, 0.3) is 0 Å². The number of rotatable bonds is 5. The average molecular weight is 228 g/mol. The third-order valence-corrected chi connectivity index (χ3v) is 3.00. The Bertz CT molecular complexity index is 193. The number of hydrogen-bond donors (Lipinski definition) is 2. The van der Waals surface area contributed by atoms with Crippen molar-refractivity contribution in [2.45, 2.75) is 58.0 Å². The minimum Gasteiger partial charge on any atom is -0.380 e. The summed E-state index contributed by atoms with van der Waals surface area (Å²) in [5.74, 6) is 0. The van der Waals surface area contributed by atoms with Gasteiger partial charge in [0.15, 0.2) is 0 Å². The molecule has 1 atom stereocenters. The molecular weight excluding hydrogens is 200 g/mol. The molecule has 1 unspecified atom stereocenters. The number of hydrogen-bond acceptors (Lipinski definition) is 3. The summed E-state index contributed by atoms with van der Waals surface area (Å²) in [7, 11) is 0. The number of nitrogens with one attached hydrogen (secondary N) is 2. The molecule has 0 saturated carbocycles. The lowest BCUT2D eigenvalue weighted by molar-refractivity contribution is 0.0286. The Kier molecular flexibility index (Phi) is 5.22. The third kappa shape index (κ3) is 5.83. The summed E-state index contributed by atoms with van der Waals surface area (Å²) in [6.07, 6.45) is 3.59. The van der Waals surface area contributed by atoms with Gasteiger partial charge in [0.25, 0.3) is 0 Å². The van der Waals surface area contributed by atoms with Crippen molar-refractivity contribution in [1.29, 1.82) is 0 Å². The maximum atomic E-state index is 5.52. The van der Waals surface area contributed by atoms with E-state index >= 15 is 0 Å². The molecule has 1 aliphatic heterocycles. The molecule has 0 amide bonds. The van der Waals surface area contributed by atoms with Gasteiger partial charge in [-0.3, -0.25) is 0 Å². The van der Waals surface area contributed by atoms with Crippen molar-refractivity contribution in [3.8, 4) is 0 Å². The largest absolute Gasteiger partial charge is 0.380 e. The van der Waals surface area contributed by atoms with Gasteiger partial charge >= 0.3 is 0 Å². The van der Waals surface area contributed by atoms with E-state index in [4.69, 9.17) is 4.74 Å². The van der Waals surface area contributed by atoms with Crippen LogP contribution in [-0.4, -0.2) is 37.4 Å². The summed E-state index contributed by atoms with van der Waals surface area (Å²) in [4.78, 5) is 0. The summed E-state index contributed by atoms with van der Waals surface area (Å²) in [6, 6.07) is 0. The van der Waals surface area contributed by atoms with Crippen LogP contribution < -0.4 is 10.6 Å². The van der Waals surface area contributed by atoms with E-state index in [1.165, 1.54) is 19.3 Å². The van der Waals surface area contributed by atoms with Gasteiger partial charge in [-0.15, -0.1) is 0 Å². The van der Waals surface area contributed by atoms with Crippen molar-refractivity contribution in [3.63, 3.8) is 0 Å². The summed E-state index contributed by atoms with van der Waals surface area (Å²) < 4.78 is 5.52. The van der Waals surface area contributed by atoms with Crippen LogP contribution in [0.2, 0.25) is 0 Å². The quantitative estimate of drug-likeness (QED) is 0.705. The van der Waals surface area contributed by atoms with Crippen molar-refractivity contribution in [3.05, 3.63) is 0 Å². The fraction of sp³-hybridized carbons (Fsp3) is 1.00. The first-order chi connectivity index (χ1) is 7.41. The first-order valence-corrected chi connectivity index (χ1v) is 6.49. The zero-order chi connectivity index (χ0) is 12.1. The Hall–Kier alpha value is -0.120. The van der Waals surface area contributed by atoms with Crippen LogP contribution in [0.3, 0.4) is 0 Å². The summed E-state index contributed by atoms with van der Waals surface area (Å²) >= 11 is 0. The predicted octanol–water partition coefficient (Wildman–Crippen LogP) is 1.92. The second-order valence-electron chi connectivity index (χ2n) is 6.17. The normalized spacial score (nSPS) is 27.0. The van der Waals surface area contributed by atoms with Crippen LogP contribution in [0.4, 0.5) is 0 Å². The molecule has 1 heterocycles. The summed E-state index contributed by atoms with van der Waals surface area (Å²) in [5, 5.41) is 7.12. The van der Waals surface area contributed by atoms with Gasteiger partial charge in [0.2, 0.25) is 0 Å². The Balaban J connectivity index is 2.06. The van der Waals surface area contributed by atoms with E-state index in [-0.39, 0.29) is 11.1 Å². The molecule has 1 fully saturated rings. The molecule has 2 N–H and O–H groups in total. The smallest absolute Gasteiger partial charge is 0.0645 e. The minimum absolute atomic E-state index is 0.208. The molecule has 1 rings (SSSR count). The molecule has 3 heteroatoms. The van der Waals surface area contributed by atoms with E-state index in [1.54, 1.807) is 0 Å². The standard InChI is InChI=1S/C13H28N2O/c1-12(2,3)14-8-6-9-15-13(4)7-5-10-16-11-13/h14-15H,5-11H2,1-4H3. The van der Waals surface area contributed by atoms with Crippen molar-refractivity contribution < 1.29 is 4.74 Å². The van der Waals surface area contributed by atoms with Gasteiger partial charge in [-0.1, -0.05) is 0 Å². The highest BCUT2D eigenvalue weighted by Gasteiger charge is 2.26. The second kappa shape index (κ2) is 5.99. The Morgan fingerprint density at radius 1 is 1.25 bits per heavy atom. The van der Waals surface area contributed by atoms with Gasteiger partial charge in [0.05, 0.1) is 6.61 Å². The van der Waals surface area contributed by atoms with Crippen LogP contribution in [-0.2, 0) is 4.74 Å². The highest BCUT2D eigenvalue weighted by Crippen LogP contribution is 2.17. The lowest BCUT2D eigenvalue weighted by atomic mass is 9.95. The van der Waals surface area contributed by atoms with Crippen molar-refractivity contribution in [1.82, 2.24) is 10.6 Å². The Morgan fingerprint density at radius 3 is 2.56 bits per heavy atom. The average Bonchev–Trinajstić information content (AvgIpc) is 2.16. The molecule has 1 aliphatic rings. The fourth-order valence-electron chi connectivity index (χ4n) is 2.02. The highest BCUT2D eigenvalue weighted by molar-refractivity contribution is 4.85. The van der Waals surface area contributed by atoms with E-state index in [2.05, 4.69) is 38.3 Å². The molecule has 0 aromatic rings. The van der Waals surface area contributed by atoms with Crippen molar-refractivity contribution in [2.75, 3.05) is 26.3 Å².